The average Bonchev–Trinajstić information content (AvgIpc) is 3.12. The molecular weight excluding hydrogens is 372 g/mol. The summed E-state index contributed by atoms with van der Waals surface area (Å²) in [6.07, 6.45) is -0.197. The van der Waals surface area contributed by atoms with Crippen LogP contribution in [-0.2, 0) is 16.2 Å². The number of benzene rings is 1. The smallest absolute Gasteiger partial charge is 0.323 e. The zero-order valence-corrected chi connectivity index (χ0v) is 16.6. The van der Waals surface area contributed by atoms with Crippen LogP contribution in [0.2, 0.25) is 0 Å². The van der Waals surface area contributed by atoms with Gasteiger partial charge in [0.05, 0.1) is 19.9 Å². The molecule has 0 amide bonds. The topological polar surface area (TPSA) is 79.6 Å². The van der Waals surface area contributed by atoms with Crippen LogP contribution in [0.25, 0.3) is 0 Å². The minimum absolute atomic E-state index is 0.334. The molecule has 1 aliphatic rings. The molecule has 7 nitrogen and oxygen atoms in total. The third kappa shape index (κ3) is 4.12. The standard InChI is InChI=1S/C17H22N4O3S2/c1-10-4-5-13(11(2)6-10)18-16-19-21(17(25)26-16)9-20-8-12(22)7-14(20)15(23)24-3/h4-6,12,14,22H,7-9H2,1-3H3,(H,18,19)/t12-,14-/m0/s1. The largest absolute Gasteiger partial charge is 0.468 e. The number of hydrogen-bond donors (Lipinski definition) is 2. The van der Waals surface area contributed by atoms with E-state index in [1.54, 1.807) is 4.68 Å². The Kier molecular flexibility index (Phi) is 5.71. The van der Waals surface area contributed by atoms with E-state index in [1.165, 1.54) is 24.0 Å². The minimum Gasteiger partial charge on any atom is -0.468 e. The highest BCUT2D eigenvalue weighted by atomic mass is 32.1. The molecule has 0 spiro atoms. The van der Waals surface area contributed by atoms with Crippen LogP contribution in [-0.4, -0.2) is 51.6 Å². The number of carbonyl (C=O) groups excluding carboxylic acids is 1. The second kappa shape index (κ2) is 7.83. The summed E-state index contributed by atoms with van der Waals surface area (Å²) in [6, 6.07) is 5.68. The quantitative estimate of drug-likeness (QED) is 0.596. The lowest BCUT2D eigenvalue weighted by Gasteiger charge is -2.21. The van der Waals surface area contributed by atoms with Crippen molar-refractivity contribution in [3.05, 3.63) is 33.3 Å². The Bertz CT molecular complexity index is 864. The van der Waals surface area contributed by atoms with E-state index in [9.17, 15) is 9.90 Å². The van der Waals surface area contributed by atoms with Crippen LogP contribution in [0.1, 0.15) is 17.5 Å². The Balaban J connectivity index is 1.76. The van der Waals surface area contributed by atoms with Gasteiger partial charge in [-0.05, 0) is 37.7 Å². The number of aromatic nitrogens is 2. The summed E-state index contributed by atoms with van der Waals surface area (Å²) in [5.41, 5.74) is 3.31. The number of aliphatic hydroxyl groups is 1. The predicted octanol–water partition coefficient (Wildman–Crippen LogP) is 2.60. The lowest BCUT2D eigenvalue weighted by molar-refractivity contribution is -0.146. The molecular formula is C17H22N4O3S2. The number of anilines is 2. The molecule has 9 heteroatoms. The molecule has 1 aromatic heterocycles. The number of ether oxygens (including phenoxy) is 1. The van der Waals surface area contributed by atoms with Gasteiger partial charge in [-0.1, -0.05) is 29.0 Å². The fraction of sp³-hybridized carbons (Fsp3) is 0.471. The maximum atomic E-state index is 11.9. The Morgan fingerprint density at radius 2 is 2.27 bits per heavy atom. The molecule has 140 valence electrons. The first-order chi connectivity index (χ1) is 12.4. The maximum absolute atomic E-state index is 11.9. The van der Waals surface area contributed by atoms with Crippen molar-refractivity contribution in [3.8, 4) is 0 Å². The highest BCUT2D eigenvalue weighted by molar-refractivity contribution is 7.73. The fourth-order valence-corrected chi connectivity index (χ4v) is 4.11. The molecule has 1 saturated heterocycles. The molecule has 0 radical (unpaired) electrons. The molecule has 2 aromatic rings. The Morgan fingerprint density at radius 3 is 2.96 bits per heavy atom. The minimum atomic E-state index is -0.556. The molecule has 1 fully saturated rings. The Morgan fingerprint density at radius 1 is 1.50 bits per heavy atom. The third-order valence-corrected chi connectivity index (χ3v) is 5.62. The van der Waals surface area contributed by atoms with E-state index in [0.717, 1.165) is 11.3 Å². The van der Waals surface area contributed by atoms with Crippen molar-refractivity contribution in [2.75, 3.05) is 19.0 Å². The van der Waals surface area contributed by atoms with Crippen molar-refractivity contribution < 1.29 is 14.6 Å². The first-order valence-corrected chi connectivity index (χ1v) is 9.52. The molecule has 1 aromatic carbocycles. The number of β-amino-alcohol motifs (C(OH)–C–C–N with tert-alkyl or cyclic N) is 1. The number of likely N-dealkylation sites (tertiary alicyclic amines) is 1. The first kappa shape index (κ1) is 19.0. The number of carbonyl (C=O) groups is 1. The molecule has 1 aliphatic heterocycles. The Hall–Kier alpha value is -1.81. The van der Waals surface area contributed by atoms with Gasteiger partial charge in [-0.15, -0.1) is 5.10 Å². The van der Waals surface area contributed by atoms with Gasteiger partial charge in [0.15, 0.2) is 3.95 Å². The summed E-state index contributed by atoms with van der Waals surface area (Å²) in [6.45, 7) is 4.81. The van der Waals surface area contributed by atoms with Gasteiger partial charge >= 0.3 is 5.97 Å². The van der Waals surface area contributed by atoms with Gasteiger partial charge < -0.3 is 15.2 Å². The summed E-state index contributed by atoms with van der Waals surface area (Å²) in [4.78, 5) is 13.8. The summed E-state index contributed by atoms with van der Waals surface area (Å²) in [7, 11) is 1.35. The van der Waals surface area contributed by atoms with Crippen molar-refractivity contribution in [1.82, 2.24) is 14.7 Å². The zero-order valence-electron chi connectivity index (χ0n) is 14.9. The molecule has 2 N–H and O–H groups in total. The SMILES string of the molecule is COC(=O)[C@@H]1C[C@H](O)CN1Cn1nc(Nc2ccc(C)cc2C)sc1=S. The summed E-state index contributed by atoms with van der Waals surface area (Å²) < 4.78 is 7.10. The normalized spacial score (nSPS) is 20.3. The van der Waals surface area contributed by atoms with E-state index >= 15 is 0 Å². The highest BCUT2D eigenvalue weighted by Crippen LogP contribution is 2.25. The number of aryl methyl sites for hydroxylation is 2. The zero-order chi connectivity index (χ0) is 18.8. The van der Waals surface area contributed by atoms with Crippen molar-refractivity contribution in [2.24, 2.45) is 0 Å². The van der Waals surface area contributed by atoms with Gasteiger partial charge in [0.2, 0.25) is 5.13 Å². The number of hydrogen-bond acceptors (Lipinski definition) is 8. The van der Waals surface area contributed by atoms with Gasteiger partial charge in [0.25, 0.3) is 0 Å². The maximum Gasteiger partial charge on any atom is 0.323 e. The summed E-state index contributed by atoms with van der Waals surface area (Å²) >= 11 is 6.78. The monoisotopic (exact) mass is 394 g/mol. The number of nitrogens with zero attached hydrogens (tertiary/aromatic N) is 3. The van der Waals surface area contributed by atoms with Crippen molar-refractivity contribution in [3.63, 3.8) is 0 Å². The van der Waals surface area contributed by atoms with E-state index in [0.29, 0.717) is 28.7 Å². The van der Waals surface area contributed by atoms with Crippen LogP contribution in [0, 0.1) is 17.8 Å². The number of rotatable bonds is 5. The van der Waals surface area contributed by atoms with Crippen LogP contribution < -0.4 is 5.32 Å². The van der Waals surface area contributed by atoms with Gasteiger partial charge in [-0.25, -0.2) is 4.68 Å². The van der Waals surface area contributed by atoms with Crippen LogP contribution in [0.3, 0.4) is 0 Å². The van der Waals surface area contributed by atoms with E-state index in [4.69, 9.17) is 17.0 Å². The predicted molar refractivity (Wildman–Crippen MR) is 103 cm³/mol. The van der Waals surface area contributed by atoms with Gasteiger partial charge in [-0.3, -0.25) is 9.69 Å². The van der Waals surface area contributed by atoms with Gasteiger partial charge in [-0.2, -0.15) is 0 Å². The lowest BCUT2D eigenvalue weighted by atomic mass is 10.1. The van der Waals surface area contributed by atoms with E-state index < -0.39 is 12.1 Å². The van der Waals surface area contributed by atoms with Crippen LogP contribution in [0.5, 0.6) is 0 Å². The molecule has 0 bridgehead atoms. The summed E-state index contributed by atoms with van der Waals surface area (Å²) in [5.74, 6) is -0.350. The lowest BCUT2D eigenvalue weighted by Crippen LogP contribution is -2.38. The Labute approximate surface area is 161 Å². The number of nitrogens with one attached hydrogen (secondary N) is 1. The van der Waals surface area contributed by atoms with E-state index in [-0.39, 0.29) is 5.97 Å². The molecule has 0 aliphatic carbocycles. The molecule has 2 heterocycles. The summed E-state index contributed by atoms with van der Waals surface area (Å²) in [5, 5.41) is 18.4. The molecule has 3 rings (SSSR count). The first-order valence-electron chi connectivity index (χ1n) is 8.29. The fourth-order valence-electron chi connectivity index (χ4n) is 3.10. The van der Waals surface area contributed by atoms with Crippen LogP contribution in [0.4, 0.5) is 10.8 Å². The van der Waals surface area contributed by atoms with Crippen molar-refractivity contribution in [2.45, 2.75) is 39.1 Å². The average molecular weight is 395 g/mol. The van der Waals surface area contributed by atoms with E-state index in [1.807, 2.05) is 24.0 Å². The molecule has 0 unspecified atom stereocenters. The second-order valence-electron chi connectivity index (χ2n) is 6.46. The van der Waals surface area contributed by atoms with Gasteiger partial charge in [0.1, 0.15) is 6.04 Å². The molecule has 26 heavy (non-hydrogen) atoms. The van der Waals surface area contributed by atoms with Crippen LogP contribution >= 0.6 is 23.6 Å². The third-order valence-electron chi connectivity index (χ3n) is 4.40. The number of aliphatic hydroxyl groups excluding tert-OH is 1. The number of methoxy groups -OCH3 is 1. The molecule has 2 atom stereocenters. The van der Waals surface area contributed by atoms with Crippen molar-refractivity contribution >= 4 is 40.3 Å². The molecule has 0 saturated carbocycles. The highest BCUT2D eigenvalue weighted by Gasteiger charge is 2.37. The van der Waals surface area contributed by atoms with Crippen molar-refractivity contribution in [1.29, 1.82) is 0 Å². The van der Waals surface area contributed by atoms with Crippen LogP contribution in [0.15, 0.2) is 18.2 Å². The number of esters is 1. The van der Waals surface area contributed by atoms with Gasteiger partial charge in [0, 0.05) is 18.7 Å². The second-order valence-corrected chi connectivity index (χ2v) is 8.08. The van der Waals surface area contributed by atoms with E-state index in [2.05, 4.69) is 23.4 Å².